The second kappa shape index (κ2) is 9.78. The van der Waals surface area contributed by atoms with Crippen molar-refractivity contribution in [3.8, 4) is 0 Å². The van der Waals surface area contributed by atoms with E-state index in [-0.39, 0.29) is 6.61 Å². The van der Waals surface area contributed by atoms with Crippen molar-refractivity contribution < 1.29 is 26.9 Å². The third-order valence-electron chi connectivity index (χ3n) is 2.35. The topological polar surface area (TPSA) is 24.1 Å². The summed E-state index contributed by atoms with van der Waals surface area (Å²) in [4.78, 5) is 0. The van der Waals surface area contributed by atoms with Crippen LogP contribution in [0, 0.1) is 0 Å². The van der Waals surface area contributed by atoms with Crippen LogP contribution in [0.15, 0.2) is 24.5 Å². The fraction of sp³-hybridized carbons (Fsp3) is 0.583. The fourth-order valence-corrected chi connectivity index (χ4v) is 1.43. The maximum atomic E-state index is 9.75. The van der Waals surface area contributed by atoms with Gasteiger partial charge in [-0.15, -0.1) is 0 Å². The average Bonchev–Trinajstić information content (AvgIpc) is 2.33. The van der Waals surface area contributed by atoms with Crippen LogP contribution in [0.4, 0.5) is 17.3 Å². The monoisotopic (exact) mass is 281 g/mol. The van der Waals surface area contributed by atoms with Gasteiger partial charge in [0.05, 0.1) is 0 Å². The molecule has 0 saturated heterocycles. The van der Waals surface area contributed by atoms with Crippen molar-refractivity contribution in [2.75, 3.05) is 6.61 Å². The van der Waals surface area contributed by atoms with E-state index < -0.39 is 7.25 Å². The number of nitrogens with zero attached hydrogens (tertiary/aromatic N) is 1. The molecular weight excluding hydrogens is 261 g/mol. The molecule has 1 aromatic rings. The van der Waals surface area contributed by atoms with Crippen molar-refractivity contribution in [3.63, 3.8) is 0 Å². The molecule has 0 saturated carbocycles. The lowest BCUT2D eigenvalue weighted by atomic mass is 10.1. The van der Waals surface area contributed by atoms with Crippen LogP contribution in [-0.2, 0) is 13.0 Å². The van der Waals surface area contributed by atoms with Gasteiger partial charge in [0, 0.05) is 25.2 Å². The fourth-order valence-electron chi connectivity index (χ4n) is 1.43. The van der Waals surface area contributed by atoms with Crippen molar-refractivity contribution in [1.82, 2.24) is 0 Å². The third kappa shape index (κ3) is 13.1. The lowest BCUT2D eigenvalue weighted by Gasteiger charge is -1.98. The second-order valence-corrected chi connectivity index (χ2v) is 4.12. The summed E-state index contributed by atoms with van der Waals surface area (Å²) in [7, 11) is -6.00. The molecule has 0 aliphatic rings. The SMILES string of the molecule is CCCC[n+]1ccc(CCCO)cc1.F[B-](F)(F)F. The molecule has 0 aliphatic heterocycles. The minimum atomic E-state index is -6.00. The highest BCUT2D eigenvalue weighted by molar-refractivity contribution is 6.50. The first-order chi connectivity index (χ1) is 8.86. The van der Waals surface area contributed by atoms with Crippen LogP contribution in [0.3, 0.4) is 0 Å². The summed E-state index contributed by atoms with van der Waals surface area (Å²) in [6.45, 7) is 3.59. The molecule has 0 aliphatic carbocycles. The van der Waals surface area contributed by atoms with Crippen LogP contribution in [0.5, 0.6) is 0 Å². The summed E-state index contributed by atoms with van der Waals surface area (Å²) >= 11 is 0. The summed E-state index contributed by atoms with van der Waals surface area (Å²) < 4.78 is 41.2. The zero-order valence-corrected chi connectivity index (χ0v) is 11.0. The Morgan fingerprint density at radius 2 is 1.63 bits per heavy atom. The van der Waals surface area contributed by atoms with Crippen molar-refractivity contribution in [3.05, 3.63) is 30.1 Å². The standard InChI is InChI=1S/C12H20NO.BF4/c1-2-3-8-13-9-6-12(7-10-13)5-4-11-14;2-1(3,4)5/h6-7,9-10,14H,2-5,8,11H2,1H3;/q+1;-1. The maximum absolute atomic E-state index is 9.75. The van der Waals surface area contributed by atoms with Crippen molar-refractivity contribution in [1.29, 1.82) is 0 Å². The van der Waals surface area contributed by atoms with Gasteiger partial charge in [0.15, 0.2) is 12.4 Å². The Balaban J connectivity index is 0.000000555. The normalized spacial score (nSPS) is 10.8. The summed E-state index contributed by atoms with van der Waals surface area (Å²) in [5.74, 6) is 0. The molecule has 1 N–H and O–H groups in total. The lowest BCUT2D eigenvalue weighted by molar-refractivity contribution is -0.697. The zero-order chi connectivity index (χ0) is 14.7. The van der Waals surface area contributed by atoms with Crippen LogP contribution >= 0.6 is 0 Å². The van der Waals surface area contributed by atoms with Gasteiger partial charge in [-0.1, -0.05) is 13.3 Å². The smallest absolute Gasteiger partial charge is 0.418 e. The van der Waals surface area contributed by atoms with Gasteiger partial charge in [0.25, 0.3) is 0 Å². The number of aliphatic hydroxyl groups is 1. The zero-order valence-electron chi connectivity index (χ0n) is 11.0. The molecule has 0 unspecified atom stereocenters. The quantitative estimate of drug-likeness (QED) is 0.484. The van der Waals surface area contributed by atoms with Gasteiger partial charge in [0.1, 0.15) is 6.54 Å². The summed E-state index contributed by atoms with van der Waals surface area (Å²) in [6.07, 6.45) is 8.56. The Morgan fingerprint density at radius 3 is 2.05 bits per heavy atom. The second-order valence-electron chi connectivity index (χ2n) is 4.12. The van der Waals surface area contributed by atoms with Gasteiger partial charge < -0.3 is 22.4 Å². The summed E-state index contributed by atoms with van der Waals surface area (Å²) in [5, 5.41) is 8.69. The third-order valence-corrected chi connectivity index (χ3v) is 2.35. The van der Waals surface area contributed by atoms with E-state index in [9.17, 15) is 17.3 Å². The van der Waals surface area contributed by atoms with Crippen LogP contribution in [0.25, 0.3) is 0 Å². The lowest BCUT2D eigenvalue weighted by Crippen LogP contribution is -2.32. The summed E-state index contributed by atoms with van der Waals surface area (Å²) in [5.41, 5.74) is 1.31. The van der Waals surface area contributed by atoms with Crippen LogP contribution < -0.4 is 4.57 Å². The number of halogens is 4. The van der Waals surface area contributed by atoms with Crippen molar-refractivity contribution in [2.24, 2.45) is 0 Å². The average molecular weight is 281 g/mol. The number of hydrogen-bond donors (Lipinski definition) is 1. The van der Waals surface area contributed by atoms with E-state index in [1.807, 2.05) is 0 Å². The maximum Gasteiger partial charge on any atom is 0.673 e. The minimum absolute atomic E-state index is 0.282. The Bertz CT molecular complexity index is 296. The Hall–Kier alpha value is -1.11. The van der Waals surface area contributed by atoms with E-state index in [0.717, 1.165) is 19.4 Å². The number of rotatable bonds is 6. The van der Waals surface area contributed by atoms with Crippen LogP contribution in [0.1, 0.15) is 31.7 Å². The van der Waals surface area contributed by atoms with Crippen molar-refractivity contribution in [2.45, 2.75) is 39.2 Å². The number of pyridine rings is 1. The van der Waals surface area contributed by atoms with Crippen LogP contribution in [0.2, 0.25) is 0 Å². The van der Waals surface area contributed by atoms with Gasteiger partial charge >= 0.3 is 7.25 Å². The largest absolute Gasteiger partial charge is 0.673 e. The number of aliphatic hydroxyl groups excluding tert-OH is 1. The minimum Gasteiger partial charge on any atom is -0.418 e. The molecule has 0 atom stereocenters. The molecule has 0 aromatic carbocycles. The molecule has 0 radical (unpaired) electrons. The van der Waals surface area contributed by atoms with E-state index in [1.165, 1.54) is 18.4 Å². The van der Waals surface area contributed by atoms with Gasteiger partial charge in [-0.3, -0.25) is 0 Å². The van der Waals surface area contributed by atoms with E-state index in [1.54, 1.807) is 0 Å². The van der Waals surface area contributed by atoms with E-state index in [0.29, 0.717) is 0 Å². The predicted octanol–water partition coefficient (Wildman–Crippen LogP) is 3.00. The molecule has 1 aromatic heterocycles. The van der Waals surface area contributed by atoms with E-state index >= 15 is 0 Å². The first-order valence-electron chi connectivity index (χ1n) is 6.33. The van der Waals surface area contributed by atoms with E-state index in [2.05, 4.69) is 36.0 Å². The molecule has 0 spiro atoms. The molecule has 110 valence electrons. The Morgan fingerprint density at radius 1 is 1.11 bits per heavy atom. The number of aryl methyl sites for hydroxylation is 2. The molecule has 0 amide bonds. The number of hydrogen-bond acceptors (Lipinski definition) is 1. The Kier molecular flexibility index (Phi) is 9.21. The molecule has 0 bridgehead atoms. The molecule has 7 heteroatoms. The summed E-state index contributed by atoms with van der Waals surface area (Å²) in [6, 6.07) is 4.29. The van der Waals surface area contributed by atoms with E-state index in [4.69, 9.17) is 5.11 Å². The molecule has 1 rings (SSSR count). The first kappa shape index (κ1) is 17.9. The molecule has 1 heterocycles. The number of unbranched alkanes of at least 4 members (excludes halogenated alkanes) is 1. The highest BCUT2D eigenvalue weighted by Crippen LogP contribution is 2.06. The Labute approximate surface area is 111 Å². The van der Waals surface area contributed by atoms with Crippen LogP contribution in [-0.4, -0.2) is 19.0 Å². The molecule has 0 fully saturated rings. The molecular formula is C12H20BF4NO. The highest BCUT2D eigenvalue weighted by atomic mass is 19.5. The van der Waals surface area contributed by atoms with Crippen molar-refractivity contribution >= 4 is 7.25 Å². The van der Waals surface area contributed by atoms with Gasteiger partial charge in [-0.2, -0.15) is 0 Å². The predicted molar refractivity (Wildman–Crippen MR) is 67.1 cm³/mol. The molecule has 19 heavy (non-hydrogen) atoms. The van der Waals surface area contributed by atoms with Gasteiger partial charge in [0.2, 0.25) is 0 Å². The van der Waals surface area contributed by atoms with Gasteiger partial charge in [-0.05, 0) is 18.4 Å². The van der Waals surface area contributed by atoms with Gasteiger partial charge in [-0.25, -0.2) is 4.57 Å². The molecule has 2 nitrogen and oxygen atoms in total. The highest BCUT2D eigenvalue weighted by Gasteiger charge is 2.20. The first-order valence-corrected chi connectivity index (χ1v) is 6.33. The number of aromatic nitrogens is 1.